The topological polar surface area (TPSA) is 92.2 Å². The summed E-state index contributed by atoms with van der Waals surface area (Å²) in [7, 11) is 0. The average molecular weight is 585 g/mol. The van der Waals surface area contributed by atoms with E-state index in [2.05, 4.69) is 29.5 Å². The number of aromatic nitrogens is 2. The predicted octanol–water partition coefficient (Wildman–Crippen LogP) is 3.20. The number of fused-ring (bicyclic) bond motifs is 1. The molecule has 0 fully saturated rings. The van der Waals surface area contributed by atoms with E-state index >= 15 is 0 Å². The Bertz CT molecular complexity index is 1720. The van der Waals surface area contributed by atoms with E-state index in [0.29, 0.717) is 34.5 Å². The van der Waals surface area contributed by atoms with E-state index in [1.807, 2.05) is 54.6 Å². The number of carbonyl (C=O) groups excluding carboxylic acids is 2. The standard InChI is InChI=1S/C34H30N2O4S.Na/c1-34(2,3)26-14-9-22(10-15-26)19-28(31(33(38)39)25-13-18-29-30(20-25)36-41-35-29)32(37)24-11-16-27(17-12-24)40-21-23-7-5-4-6-8-23;/h4-18,20H,19,21H2,1-3H3,(H,38,39);/q;+1/p-1. The number of hydrogen-bond donors (Lipinski definition) is 0. The predicted molar refractivity (Wildman–Crippen MR) is 160 cm³/mol. The zero-order chi connectivity index (χ0) is 29.0. The molecule has 0 aliphatic heterocycles. The van der Waals surface area contributed by atoms with Crippen LogP contribution in [0.2, 0.25) is 0 Å². The van der Waals surface area contributed by atoms with Gasteiger partial charge in [-0.15, -0.1) is 0 Å². The number of carbonyl (C=O) groups is 2. The van der Waals surface area contributed by atoms with Gasteiger partial charge in [-0.3, -0.25) is 4.79 Å². The van der Waals surface area contributed by atoms with Crippen LogP contribution in [0.3, 0.4) is 0 Å². The Labute approximate surface area is 271 Å². The van der Waals surface area contributed by atoms with Crippen molar-refractivity contribution < 1.29 is 49.0 Å². The van der Waals surface area contributed by atoms with Crippen molar-refractivity contribution in [3.05, 3.63) is 130 Å². The third-order valence-electron chi connectivity index (χ3n) is 6.89. The minimum Gasteiger partial charge on any atom is -0.545 e. The first kappa shape index (κ1) is 31.3. The number of carboxylic acids is 1. The van der Waals surface area contributed by atoms with Gasteiger partial charge in [0.15, 0.2) is 5.78 Å². The number of allylic oxidation sites excluding steroid dienone is 1. The number of Topliss-reactive ketones (excluding diaryl/α,β-unsaturated/α-hetero) is 1. The van der Waals surface area contributed by atoms with Crippen LogP contribution in [0.25, 0.3) is 16.6 Å². The molecule has 206 valence electrons. The van der Waals surface area contributed by atoms with E-state index in [1.165, 1.54) is 0 Å². The van der Waals surface area contributed by atoms with E-state index in [9.17, 15) is 14.7 Å². The largest absolute Gasteiger partial charge is 1.00 e. The molecule has 0 saturated carbocycles. The van der Waals surface area contributed by atoms with Gasteiger partial charge in [0.05, 0.1) is 17.7 Å². The van der Waals surface area contributed by atoms with Crippen molar-refractivity contribution in [1.82, 2.24) is 8.75 Å². The SMILES string of the molecule is CC(C)(C)c1ccc(CC(C(=O)c2ccc(OCc3ccccc3)cc2)=C(C(=O)[O-])c2ccc3nsnc3c2)cc1.[Na+]. The molecule has 1 heterocycles. The van der Waals surface area contributed by atoms with Gasteiger partial charge in [-0.2, -0.15) is 8.75 Å². The van der Waals surface area contributed by atoms with E-state index < -0.39 is 11.8 Å². The zero-order valence-electron chi connectivity index (χ0n) is 24.1. The van der Waals surface area contributed by atoms with Crippen LogP contribution in [0, 0.1) is 0 Å². The van der Waals surface area contributed by atoms with Crippen LogP contribution in [0.4, 0.5) is 0 Å². The van der Waals surface area contributed by atoms with E-state index in [-0.39, 0.29) is 52.5 Å². The summed E-state index contributed by atoms with van der Waals surface area (Å²) in [6, 6.07) is 29.4. The normalized spacial score (nSPS) is 11.9. The first-order valence-electron chi connectivity index (χ1n) is 13.3. The molecular weight excluding hydrogens is 555 g/mol. The van der Waals surface area contributed by atoms with Gasteiger partial charge in [0.25, 0.3) is 0 Å². The Kier molecular flexibility index (Phi) is 10.1. The van der Waals surface area contributed by atoms with Gasteiger partial charge in [-0.05, 0) is 64.1 Å². The van der Waals surface area contributed by atoms with Crippen molar-refractivity contribution in [3.63, 3.8) is 0 Å². The molecule has 42 heavy (non-hydrogen) atoms. The van der Waals surface area contributed by atoms with Crippen LogP contribution in [-0.4, -0.2) is 20.5 Å². The average Bonchev–Trinajstić information content (AvgIpc) is 3.44. The molecule has 6 nitrogen and oxygen atoms in total. The second kappa shape index (κ2) is 13.6. The van der Waals surface area contributed by atoms with Gasteiger partial charge in [-0.1, -0.05) is 81.4 Å². The van der Waals surface area contributed by atoms with Gasteiger partial charge < -0.3 is 14.6 Å². The Morgan fingerprint density at radius 2 is 1.43 bits per heavy atom. The summed E-state index contributed by atoms with van der Waals surface area (Å²) in [4.78, 5) is 26.6. The molecule has 5 aromatic rings. The molecule has 0 bridgehead atoms. The molecule has 0 N–H and O–H groups in total. The second-order valence-corrected chi connectivity index (χ2v) is 11.4. The first-order chi connectivity index (χ1) is 19.7. The van der Waals surface area contributed by atoms with Crippen LogP contribution >= 0.6 is 11.7 Å². The fourth-order valence-corrected chi connectivity index (χ4v) is 5.10. The fraction of sp³-hybridized carbons (Fsp3) is 0.176. The number of benzene rings is 4. The van der Waals surface area contributed by atoms with Crippen LogP contribution in [0.1, 0.15) is 53.4 Å². The van der Waals surface area contributed by atoms with Crippen molar-refractivity contribution in [1.29, 1.82) is 0 Å². The minimum atomic E-state index is -1.43. The number of rotatable bonds is 9. The van der Waals surface area contributed by atoms with Gasteiger partial charge >= 0.3 is 29.6 Å². The molecule has 4 aromatic carbocycles. The molecule has 1 aromatic heterocycles. The van der Waals surface area contributed by atoms with Gasteiger partial charge in [-0.25, -0.2) is 0 Å². The molecule has 0 saturated heterocycles. The number of ketones is 1. The molecule has 0 aliphatic rings. The van der Waals surface area contributed by atoms with E-state index in [1.54, 1.807) is 42.5 Å². The second-order valence-electron chi connectivity index (χ2n) is 10.9. The van der Waals surface area contributed by atoms with E-state index in [4.69, 9.17) is 4.74 Å². The third-order valence-corrected chi connectivity index (χ3v) is 7.44. The van der Waals surface area contributed by atoms with Crippen molar-refractivity contribution in [3.8, 4) is 5.75 Å². The Morgan fingerprint density at radius 1 is 0.786 bits per heavy atom. The van der Waals surface area contributed by atoms with Gasteiger partial charge in [0.1, 0.15) is 23.4 Å². The minimum absolute atomic E-state index is 0. The Hall–Kier alpha value is -3.62. The van der Waals surface area contributed by atoms with Crippen molar-refractivity contribution in [2.75, 3.05) is 0 Å². The maximum atomic E-state index is 14.0. The number of aliphatic carboxylic acids is 1. The molecule has 5 rings (SSSR count). The zero-order valence-corrected chi connectivity index (χ0v) is 26.9. The van der Waals surface area contributed by atoms with E-state index in [0.717, 1.165) is 28.4 Å². The van der Waals surface area contributed by atoms with Crippen LogP contribution in [-0.2, 0) is 23.2 Å². The molecule has 0 unspecified atom stereocenters. The number of ether oxygens (including phenoxy) is 1. The molecule has 0 aliphatic carbocycles. The summed E-state index contributed by atoms with van der Waals surface area (Å²) in [6.07, 6.45) is 0.117. The molecule has 8 heteroatoms. The monoisotopic (exact) mass is 584 g/mol. The van der Waals surface area contributed by atoms with Crippen molar-refractivity contribution in [2.24, 2.45) is 0 Å². The molecule has 0 atom stereocenters. The summed E-state index contributed by atoms with van der Waals surface area (Å²) in [5, 5.41) is 12.6. The summed E-state index contributed by atoms with van der Waals surface area (Å²) < 4.78 is 14.3. The van der Waals surface area contributed by atoms with Gasteiger partial charge in [0.2, 0.25) is 0 Å². The molecule has 0 spiro atoms. The maximum absolute atomic E-state index is 14.0. The quantitative estimate of drug-likeness (QED) is 0.150. The van der Waals surface area contributed by atoms with Crippen LogP contribution in [0.15, 0.2) is 103 Å². The van der Waals surface area contributed by atoms with Crippen LogP contribution < -0.4 is 39.4 Å². The Balaban J connectivity index is 0.00000405. The summed E-state index contributed by atoms with van der Waals surface area (Å²) in [5.41, 5.74) is 4.86. The van der Waals surface area contributed by atoms with Crippen LogP contribution in [0.5, 0.6) is 5.75 Å². The molecule has 0 radical (unpaired) electrons. The van der Waals surface area contributed by atoms with Crippen molar-refractivity contribution >= 4 is 40.1 Å². The molecule has 0 amide bonds. The Morgan fingerprint density at radius 3 is 2.07 bits per heavy atom. The number of carboxylic acid groups (broad SMARTS) is 1. The summed E-state index contributed by atoms with van der Waals surface area (Å²) in [6.45, 7) is 6.78. The number of hydrogen-bond acceptors (Lipinski definition) is 7. The van der Waals surface area contributed by atoms with Gasteiger partial charge in [0, 0.05) is 23.1 Å². The van der Waals surface area contributed by atoms with Crippen molar-refractivity contribution in [2.45, 2.75) is 39.2 Å². The summed E-state index contributed by atoms with van der Waals surface area (Å²) >= 11 is 1.04. The maximum Gasteiger partial charge on any atom is 1.00 e. The summed E-state index contributed by atoms with van der Waals surface area (Å²) in [5.74, 6) is -1.21. The number of nitrogens with zero attached hydrogens (tertiary/aromatic N) is 2. The fourth-order valence-electron chi connectivity index (χ4n) is 4.58. The third kappa shape index (κ3) is 7.41. The smallest absolute Gasteiger partial charge is 0.545 e. The molecular formula is C34H29N2NaO4S. The first-order valence-corrected chi connectivity index (χ1v) is 14.0.